The topological polar surface area (TPSA) is 37.3 Å². The quantitative estimate of drug-likeness (QED) is 0.624. The first-order valence-electron chi connectivity index (χ1n) is 9.25. The predicted octanol–water partition coefficient (Wildman–Crippen LogP) is 6.11. The first kappa shape index (κ1) is 20.7. The maximum Gasteiger partial charge on any atom is 0.309 e. The molecule has 0 atom stereocenters. The van der Waals surface area contributed by atoms with Crippen LogP contribution in [0, 0.1) is 24.7 Å². The largest absolute Gasteiger partial charge is 0.481 e. The van der Waals surface area contributed by atoms with Crippen molar-refractivity contribution in [2.75, 3.05) is 0 Å². The summed E-state index contributed by atoms with van der Waals surface area (Å²) in [6, 6.07) is 4.66. The van der Waals surface area contributed by atoms with Crippen molar-refractivity contribution >= 4 is 5.97 Å². The van der Waals surface area contributed by atoms with Crippen LogP contribution in [0.15, 0.2) is 12.1 Å². The van der Waals surface area contributed by atoms with Gasteiger partial charge in [0.15, 0.2) is 0 Å². The molecule has 0 spiro atoms. The Bertz CT molecular complexity index is 562. The third-order valence-electron chi connectivity index (χ3n) is 5.02. The lowest BCUT2D eigenvalue weighted by molar-refractivity contribution is -0.147. The summed E-state index contributed by atoms with van der Waals surface area (Å²) < 4.78 is 0. The molecule has 0 unspecified atom stereocenters. The molecule has 0 aliphatic heterocycles. The molecular formula is C22H36O2. The summed E-state index contributed by atoms with van der Waals surface area (Å²) in [6.07, 6.45) is 6.18. The molecule has 0 aliphatic carbocycles. The summed E-state index contributed by atoms with van der Waals surface area (Å²) in [5, 5.41) is 9.27. The van der Waals surface area contributed by atoms with Gasteiger partial charge in [-0.2, -0.15) is 0 Å². The number of hydrogen-bond acceptors (Lipinski definition) is 1. The lowest BCUT2D eigenvalue weighted by Crippen LogP contribution is -2.23. The van der Waals surface area contributed by atoms with Crippen molar-refractivity contribution in [3.8, 4) is 0 Å². The first-order chi connectivity index (χ1) is 10.9. The maximum atomic E-state index is 11.3. The van der Waals surface area contributed by atoms with E-state index in [2.05, 4.69) is 46.8 Å². The van der Waals surface area contributed by atoms with Gasteiger partial charge in [0.25, 0.3) is 0 Å². The number of benzene rings is 1. The number of carboxylic acid groups (broad SMARTS) is 1. The molecule has 0 saturated carbocycles. The fourth-order valence-electron chi connectivity index (χ4n) is 3.04. The number of carbonyl (C=O) groups is 1. The van der Waals surface area contributed by atoms with Gasteiger partial charge in [-0.3, -0.25) is 4.79 Å². The molecule has 0 heterocycles. The van der Waals surface area contributed by atoms with Crippen molar-refractivity contribution < 1.29 is 9.90 Å². The minimum atomic E-state index is -0.701. The molecule has 1 aromatic carbocycles. The number of aliphatic carboxylic acids is 1. The molecule has 1 rings (SSSR count). The molecule has 0 radical (unpaired) electrons. The second-order valence-corrected chi connectivity index (χ2v) is 9.16. The highest BCUT2D eigenvalue weighted by atomic mass is 16.4. The van der Waals surface area contributed by atoms with E-state index in [1.807, 2.05) is 13.8 Å². The molecule has 0 bridgehead atoms. The average Bonchev–Trinajstić information content (AvgIpc) is 2.42. The van der Waals surface area contributed by atoms with E-state index < -0.39 is 11.4 Å². The van der Waals surface area contributed by atoms with E-state index >= 15 is 0 Å². The molecule has 136 valence electrons. The van der Waals surface area contributed by atoms with Crippen LogP contribution in [0.3, 0.4) is 0 Å². The van der Waals surface area contributed by atoms with Crippen molar-refractivity contribution in [1.82, 2.24) is 0 Å². The standard InChI is InChI=1S/C22H36O2/c1-16-14-18(10-8-12-21(3,4)5)19(15-17(16)2)11-9-13-22(6,7)20(23)24/h14-15H,8-13H2,1-7H3,(H,23,24). The third kappa shape index (κ3) is 6.67. The van der Waals surface area contributed by atoms with Crippen LogP contribution in [-0.4, -0.2) is 11.1 Å². The molecule has 0 aliphatic rings. The lowest BCUT2D eigenvalue weighted by atomic mass is 9.84. The van der Waals surface area contributed by atoms with Gasteiger partial charge in [-0.25, -0.2) is 0 Å². The SMILES string of the molecule is Cc1cc(CCCC(C)(C)C)c(CCCC(C)(C)C(=O)O)cc1C. The molecule has 24 heavy (non-hydrogen) atoms. The van der Waals surface area contributed by atoms with Gasteiger partial charge in [-0.05, 0) is 93.9 Å². The molecular weight excluding hydrogens is 296 g/mol. The van der Waals surface area contributed by atoms with Gasteiger partial charge >= 0.3 is 5.97 Å². The molecule has 1 aromatic rings. The Morgan fingerprint density at radius 2 is 1.29 bits per heavy atom. The van der Waals surface area contributed by atoms with Crippen LogP contribution < -0.4 is 0 Å². The number of aryl methyl sites for hydroxylation is 4. The van der Waals surface area contributed by atoms with E-state index in [0.29, 0.717) is 5.41 Å². The summed E-state index contributed by atoms with van der Waals surface area (Å²) in [5.74, 6) is -0.701. The van der Waals surface area contributed by atoms with Crippen LogP contribution >= 0.6 is 0 Å². The Morgan fingerprint density at radius 3 is 1.67 bits per heavy atom. The third-order valence-corrected chi connectivity index (χ3v) is 5.02. The molecule has 1 N–H and O–H groups in total. The van der Waals surface area contributed by atoms with Crippen LogP contribution in [0.5, 0.6) is 0 Å². The van der Waals surface area contributed by atoms with Crippen molar-refractivity contribution in [2.45, 2.75) is 87.0 Å². The monoisotopic (exact) mass is 332 g/mol. The zero-order valence-corrected chi connectivity index (χ0v) is 16.8. The fraction of sp³-hybridized carbons (Fsp3) is 0.682. The zero-order chi connectivity index (χ0) is 18.5. The maximum absolute atomic E-state index is 11.3. The van der Waals surface area contributed by atoms with Crippen LogP contribution in [0.4, 0.5) is 0 Å². The fourth-order valence-corrected chi connectivity index (χ4v) is 3.04. The molecule has 0 fully saturated rings. The van der Waals surface area contributed by atoms with Gasteiger partial charge < -0.3 is 5.11 Å². The smallest absolute Gasteiger partial charge is 0.309 e. The summed E-state index contributed by atoms with van der Waals surface area (Å²) in [5.41, 5.74) is 5.30. The van der Waals surface area contributed by atoms with Crippen molar-refractivity contribution in [2.24, 2.45) is 10.8 Å². The van der Waals surface area contributed by atoms with Gasteiger partial charge in [0.1, 0.15) is 0 Å². The number of carboxylic acids is 1. The van der Waals surface area contributed by atoms with Crippen molar-refractivity contribution in [1.29, 1.82) is 0 Å². The number of rotatable bonds is 8. The summed E-state index contributed by atoms with van der Waals surface area (Å²) in [7, 11) is 0. The Morgan fingerprint density at radius 1 is 0.875 bits per heavy atom. The minimum Gasteiger partial charge on any atom is -0.481 e. The van der Waals surface area contributed by atoms with Crippen molar-refractivity contribution in [3.63, 3.8) is 0 Å². The van der Waals surface area contributed by atoms with E-state index in [1.165, 1.54) is 35.1 Å². The summed E-state index contributed by atoms with van der Waals surface area (Å²) in [6.45, 7) is 14.9. The van der Waals surface area contributed by atoms with E-state index in [0.717, 1.165) is 25.7 Å². The number of hydrogen-bond donors (Lipinski definition) is 1. The molecule has 2 nitrogen and oxygen atoms in total. The van der Waals surface area contributed by atoms with E-state index in [-0.39, 0.29) is 0 Å². The van der Waals surface area contributed by atoms with Gasteiger partial charge in [0.05, 0.1) is 5.41 Å². The Labute approximate surface area is 148 Å². The second kappa shape index (κ2) is 8.18. The molecule has 2 heteroatoms. The highest BCUT2D eigenvalue weighted by Gasteiger charge is 2.26. The van der Waals surface area contributed by atoms with Crippen LogP contribution in [0.1, 0.15) is 82.6 Å². The molecule has 0 amide bonds. The Hall–Kier alpha value is -1.31. The minimum absolute atomic E-state index is 0.380. The van der Waals surface area contributed by atoms with Gasteiger partial charge in [0.2, 0.25) is 0 Å². The molecule has 0 saturated heterocycles. The Balaban J connectivity index is 2.77. The van der Waals surface area contributed by atoms with Crippen molar-refractivity contribution in [3.05, 3.63) is 34.4 Å². The van der Waals surface area contributed by atoms with Gasteiger partial charge in [-0.1, -0.05) is 32.9 Å². The van der Waals surface area contributed by atoms with E-state index in [1.54, 1.807) is 0 Å². The Kier molecular flexibility index (Phi) is 7.07. The van der Waals surface area contributed by atoms with Crippen LogP contribution in [-0.2, 0) is 17.6 Å². The second-order valence-electron chi connectivity index (χ2n) is 9.16. The summed E-state index contributed by atoms with van der Waals surface area (Å²) in [4.78, 5) is 11.3. The lowest BCUT2D eigenvalue weighted by Gasteiger charge is -2.21. The highest BCUT2D eigenvalue weighted by Crippen LogP contribution is 2.27. The molecule has 0 aromatic heterocycles. The first-order valence-corrected chi connectivity index (χ1v) is 9.25. The van der Waals surface area contributed by atoms with Gasteiger partial charge in [0, 0.05) is 0 Å². The van der Waals surface area contributed by atoms with Gasteiger partial charge in [-0.15, -0.1) is 0 Å². The van der Waals surface area contributed by atoms with Crippen LogP contribution in [0.2, 0.25) is 0 Å². The average molecular weight is 333 g/mol. The summed E-state index contributed by atoms with van der Waals surface area (Å²) >= 11 is 0. The normalized spacial score (nSPS) is 12.5. The highest BCUT2D eigenvalue weighted by molar-refractivity contribution is 5.73. The zero-order valence-electron chi connectivity index (χ0n) is 16.8. The van der Waals surface area contributed by atoms with Crippen LogP contribution in [0.25, 0.3) is 0 Å². The predicted molar refractivity (Wildman–Crippen MR) is 103 cm³/mol. The van der Waals surface area contributed by atoms with E-state index in [9.17, 15) is 9.90 Å². The van der Waals surface area contributed by atoms with E-state index in [4.69, 9.17) is 0 Å².